The highest BCUT2D eigenvalue weighted by atomic mass is 16.5. The fourth-order valence-electron chi connectivity index (χ4n) is 3.23. The van der Waals surface area contributed by atoms with Crippen molar-refractivity contribution in [1.29, 1.82) is 0 Å². The van der Waals surface area contributed by atoms with Gasteiger partial charge in [-0.05, 0) is 31.5 Å². The molecule has 0 saturated carbocycles. The van der Waals surface area contributed by atoms with Crippen LogP contribution in [0.4, 0.5) is 0 Å². The van der Waals surface area contributed by atoms with Crippen molar-refractivity contribution in [3.05, 3.63) is 35.9 Å². The summed E-state index contributed by atoms with van der Waals surface area (Å²) < 4.78 is 5.44. The number of hydrogen-bond donors (Lipinski definition) is 0. The van der Waals surface area contributed by atoms with E-state index in [1.165, 1.54) is 31.5 Å². The molecular weight excluding hydrogens is 236 g/mol. The Balaban J connectivity index is 1.46. The largest absolute Gasteiger partial charge is 0.379 e. The molecule has 3 heteroatoms. The molecule has 104 valence electrons. The van der Waals surface area contributed by atoms with Gasteiger partial charge in [0.05, 0.1) is 13.2 Å². The van der Waals surface area contributed by atoms with Gasteiger partial charge in [-0.25, -0.2) is 0 Å². The average Bonchev–Trinajstić information content (AvgIpc) is 2.50. The number of benzene rings is 1. The van der Waals surface area contributed by atoms with E-state index in [-0.39, 0.29) is 0 Å². The van der Waals surface area contributed by atoms with E-state index in [4.69, 9.17) is 4.74 Å². The molecule has 2 aliphatic heterocycles. The molecule has 3 rings (SSSR count). The van der Waals surface area contributed by atoms with Crippen molar-refractivity contribution in [3.8, 4) is 0 Å². The molecule has 0 bridgehead atoms. The van der Waals surface area contributed by atoms with Gasteiger partial charge in [0.1, 0.15) is 0 Å². The summed E-state index contributed by atoms with van der Waals surface area (Å²) in [6.07, 6.45) is 2.62. The first kappa shape index (κ1) is 13.1. The fourth-order valence-corrected chi connectivity index (χ4v) is 3.23. The summed E-state index contributed by atoms with van der Waals surface area (Å²) >= 11 is 0. The number of ether oxygens (including phenoxy) is 1. The van der Waals surface area contributed by atoms with Gasteiger partial charge >= 0.3 is 0 Å². The highest BCUT2D eigenvalue weighted by Crippen LogP contribution is 2.19. The summed E-state index contributed by atoms with van der Waals surface area (Å²) in [5.74, 6) is 0. The van der Waals surface area contributed by atoms with Crippen molar-refractivity contribution in [1.82, 2.24) is 9.80 Å². The lowest BCUT2D eigenvalue weighted by molar-refractivity contribution is 0.000231. The number of nitrogens with zero attached hydrogens (tertiary/aromatic N) is 2. The standard InChI is InChI=1S/C16H24N2O/c1-2-4-15(5-3-1)14-17-8-6-16(7-9-17)18-10-12-19-13-11-18/h1-5,16H,6-14H2. The molecule has 0 N–H and O–H groups in total. The van der Waals surface area contributed by atoms with Crippen LogP contribution in [-0.2, 0) is 11.3 Å². The summed E-state index contributed by atoms with van der Waals surface area (Å²) in [7, 11) is 0. The van der Waals surface area contributed by atoms with Gasteiger partial charge in [-0.2, -0.15) is 0 Å². The second-order valence-electron chi connectivity index (χ2n) is 5.64. The monoisotopic (exact) mass is 260 g/mol. The normalized spacial score (nSPS) is 23.6. The molecule has 0 aliphatic carbocycles. The number of rotatable bonds is 3. The molecular formula is C16H24N2O. The Morgan fingerprint density at radius 3 is 2.32 bits per heavy atom. The van der Waals surface area contributed by atoms with Gasteiger partial charge in [-0.15, -0.1) is 0 Å². The van der Waals surface area contributed by atoms with Gasteiger partial charge in [0.25, 0.3) is 0 Å². The lowest BCUT2D eigenvalue weighted by atomic mass is 10.0. The lowest BCUT2D eigenvalue weighted by Gasteiger charge is -2.40. The number of likely N-dealkylation sites (tertiary alicyclic amines) is 1. The maximum atomic E-state index is 5.44. The quantitative estimate of drug-likeness (QED) is 0.826. The topological polar surface area (TPSA) is 15.7 Å². The number of piperidine rings is 1. The van der Waals surface area contributed by atoms with Crippen LogP contribution < -0.4 is 0 Å². The second kappa shape index (κ2) is 6.51. The van der Waals surface area contributed by atoms with Crippen molar-refractivity contribution >= 4 is 0 Å². The smallest absolute Gasteiger partial charge is 0.0594 e. The molecule has 2 heterocycles. The van der Waals surface area contributed by atoms with E-state index in [0.717, 1.165) is 38.9 Å². The third kappa shape index (κ3) is 3.56. The van der Waals surface area contributed by atoms with Gasteiger partial charge in [0.2, 0.25) is 0 Å². The summed E-state index contributed by atoms with van der Waals surface area (Å²) in [5, 5.41) is 0. The van der Waals surface area contributed by atoms with Gasteiger partial charge in [0, 0.05) is 25.7 Å². The van der Waals surface area contributed by atoms with Crippen molar-refractivity contribution in [2.24, 2.45) is 0 Å². The summed E-state index contributed by atoms with van der Waals surface area (Å²) in [5.41, 5.74) is 1.44. The molecule has 0 spiro atoms. The van der Waals surface area contributed by atoms with Gasteiger partial charge in [-0.1, -0.05) is 30.3 Å². The summed E-state index contributed by atoms with van der Waals surface area (Å²) in [4.78, 5) is 5.22. The van der Waals surface area contributed by atoms with Crippen LogP contribution >= 0.6 is 0 Å². The Bertz CT molecular complexity index is 368. The van der Waals surface area contributed by atoms with Crippen LogP contribution in [0.25, 0.3) is 0 Å². The van der Waals surface area contributed by atoms with E-state index in [0.29, 0.717) is 0 Å². The van der Waals surface area contributed by atoms with Crippen LogP contribution in [0.1, 0.15) is 18.4 Å². The van der Waals surface area contributed by atoms with Gasteiger partial charge < -0.3 is 4.74 Å². The zero-order valence-electron chi connectivity index (χ0n) is 11.6. The maximum absolute atomic E-state index is 5.44. The van der Waals surface area contributed by atoms with Crippen LogP contribution in [0.3, 0.4) is 0 Å². The van der Waals surface area contributed by atoms with Gasteiger partial charge in [-0.3, -0.25) is 9.80 Å². The SMILES string of the molecule is c1ccc(CN2CCC(N3CCOCC3)CC2)cc1. The van der Waals surface area contributed by atoms with Crippen molar-refractivity contribution in [2.45, 2.75) is 25.4 Å². The molecule has 0 atom stereocenters. The molecule has 0 aromatic heterocycles. The average molecular weight is 260 g/mol. The van der Waals surface area contributed by atoms with Crippen molar-refractivity contribution in [3.63, 3.8) is 0 Å². The highest BCUT2D eigenvalue weighted by molar-refractivity contribution is 5.14. The number of hydrogen-bond acceptors (Lipinski definition) is 3. The molecule has 0 unspecified atom stereocenters. The number of morpholine rings is 1. The van der Waals surface area contributed by atoms with E-state index < -0.39 is 0 Å². The van der Waals surface area contributed by atoms with Crippen LogP contribution in [-0.4, -0.2) is 55.2 Å². The Morgan fingerprint density at radius 2 is 1.63 bits per heavy atom. The molecule has 1 aromatic rings. The second-order valence-corrected chi connectivity index (χ2v) is 5.64. The van der Waals surface area contributed by atoms with E-state index in [9.17, 15) is 0 Å². The minimum absolute atomic E-state index is 0.788. The van der Waals surface area contributed by atoms with E-state index in [1.807, 2.05) is 0 Å². The molecule has 2 fully saturated rings. The molecule has 0 radical (unpaired) electrons. The van der Waals surface area contributed by atoms with Crippen LogP contribution in [0.5, 0.6) is 0 Å². The third-order valence-corrected chi connectivity index (χ3v) is 4.37. The molecule has 1 aromatic carbocycles. The molecule has 3 nitrogen and oxygen atoms in total. The first-order chi connectivity index (χ1) is 9.42. The van der Waals surface area contributed by atoms with E-state index >= 15 is 0 Å². The molecule has 2 saturated heterocycles. The van der Waals surface area contributed by atoms with Crippen LogP contribution in [0, 0.1) is 0 Å². The molecule has 0 amide bonds. The van der Waals surface area contributed by atoms with Crippen LogP contribution in [0.2, 0.25) is 0 Å². The Labute approximate surface area is 116 Å². The minimum atomic E-state index is 0.788. The Kier molecular flexibility index (Phi) is 4.49. The Hall–Kier alpha value is -0.900. The Morgan fingerprint density at radius 1 is 0.947 bits per heavy atom. The third-order valence-electron chi connectivity index (χ3n) is 4.37. The van der Waals surface area contributed by atoms with Crippen molar-refractivity contribution < 1.29 is 4.74 Å². The lowest BCUT2D eigenvalue weighted by Crippen LogP contribution is -2.48. The molecule has 2 aliphatic rings. The fraction of sp³-hybridized carbons (Fsp3) is 0.625. The zero-order chi connectivity index (χ0) is 12.9. The predicted molar refractivity (Wildman–Crippen MR) is 77.1 cm³/mol. The highest BCUT2D eigenvalue weighted by Gasteiger charge is 2.25. The van der Waals surface area contributed by atoms with E-state index in [2.05, 4.69) is 40.1 Å². The first-order valence-corrected chi connectivity index (χ1v) is 7.50. The maximum Gasteiger partial charge on any atom is 0.0594 e. The first-order valence-electron chi connectivity index (χ1n) is 7.50. The van der Waals surface area contributed by atoms with Crippen molar-refractivity contribution in [2.75, 3.05) is 39.4 Å². The summed E-state index contributed by atoms with van der Waals surface area (Å²) in [6, 6.07) is 11.6. The zero-order valence-corrected chi connectivity index (χ0v) is 11.6. The molecule has 19 heavy (non-hydrogen) atoms. The predicted octanol–water partition coefficient (Wildman–Crippen LogP) is 1.98. The minimum Gasteiger partial charge on any atom is -0.379 e. The summed E-state index contributed by atoms with van der Waals surface area (Å²) in [6.45, 7) is 7.67. The van der Waals surface area contributed by atoms with Gasteiger partial charge in [0.15, 0.2) is 0 Å². The van der Waals surface area contributed by atoms with Crippen LogP contribution in [0.15, 0.2) is 30.3 Å². The van der Waals surface area contributed by atoms with E-state index in [1.54, 1.807) is 0 Å².